The molecular formula is C23H32N4O3S. The highest BCUT2D eigenvalue weighted by Gasteiger charge is 2.34. The number of amides is 1. The van der Waals surface area contributed by atoms with Crippen molar-refractivity contribution in [3.05, 3.63) is 47.3 Å². The van der Waals surface area contributed by atoms with Crippen molar-refractivity contribution < 1.29 is 13.2 Å². The van der Waals surface area contributed by atoms with Gasteiger partial charge in [0, 0.05) is 57.2 Å². The normalized spacial score (nSPS) is 20.5. The summed E-state index contributed by atoms with van der Waals surface area (Å²) < 4.78 is 29.4. The lowest BCUT2D eigenvalue weighted by atomic mass is 10.1. The molecule has 2 aliphatic rings. The predicted octanol–water partition coefficient (Wildman–Crippen LogP) is 2.78. The van der Waals surface area contributed by atoms with E-state index in [1.54, 1.807) is 24.6 Å². The number of aromatic nitrogens is 1. The molecule has 0 aliphatic carbocycles. The predicted molar refractivity (Wildman–Crippen MR) is 122 cm³/mol. The van der Waals surface area contributed by atoms with Gasteiger partial charge in [-0.3, -0.25) is 4.79 Å². The Morgan fingerprint density at radius 3 is 2.39 bits per heavy atom. The van der Waals surface area contributed by atoms with E-state index in [-0.39, 0.29) is 16.8 Å². The Labute approximate surface area is 185 Å². The molecule has 31 heavy (non-hydrogen) atoms. The number of benzene rings is 1. The van der Waals surface area contributed by atoms with Gasteiger partial charge in [-0.2, -0.15) is 4.31 Å². The average Bonchev–Trinajstić information content (AvgIpc) is 3.38. The van der Waals surface area contributed by atoms with Gasteiger partial charge >= 0.3 is 0 Å². The molecule has 1 atom stereocenters. The fourth-order valence-corrected chi connectivity index (χ4v) is 6.49. The number of hydrogen-bond acceptors (Lipinski definition) is 4. The highest BCUT2D eigenvalue weighted by atomic mass is 32.2. The van der Waals surface area contributed by atoms with Gasteiger partial charge in [0.1, 0.15) is 10.6 Å². The standard InChI is InChI=1S/C23H32N4O3S/c1-17-8-7-9-20(14-17)27-13-12-25(16-18(27)2)23(28)21-15-22(19(3)24(21)4)31(29,30)26-10-5-6-11-26/h7-9,14-15,18H,5-6,10-13,16H2,1-4H3/t18-/m0/s1. The van der Waals surface area contributed by atoms with E-state index in [0.29, 0.717) is 37.6 Å². The molecule has 1 aromatic carbocycles. The van der Waals surface area contributed by atoms with E-state index in [1.165, 1.54) is 15.6 Å². The Hall–Kier alpha value is -2.32. The summed E-state index contributed by atoms with van der Waals surface area (Å²) in [7, 11) is -1.79. The van der Waals surface area contributed by atoms with Crippen molar-refractivity contribution in [1.82, 2.24) is 13.8 Å². The summed E-state index contributed by atoms with van der Waals surface area (Å²) in [4.78, 5) is 17.8. The van der Waals surface area contributed by atoms with E-state index in [9.17, 15) is 13.2 Å². The highest BCUT2D eigenvalue weighted by molar-refractivity contribution is 7.89. The SMILES string of the molecule is Cc1cccc(N2CCN(C(=O)c3cc(S(=O)(=O)N4CCCC4)c(C)n3C)C[C@@H]2C)c1. The van der Waals surface area contributed by atoms with Crippen LogP contribution in [0, 0.1) is 13.8 Å². The summed E-state index contributed by atoms with van der Waals surface area (Å²) in [5.41, 5.74) is 3.44. The molecule has 8 heteroatoms. The second kappa shape index (κ2) is 8.31. The Balaban J connectivity index is 1.54. The lowest BCUT2D eigenvalue weighted by Crippen LogP contribution is -2.54. The average molecular weight is 445 g/mol. The number of anilines is 1. The summed E-state index contributed by atoms with van der Waals surface area (Å²) >= 11 is 0. The molecule has 0 spiro atoms. The third kappa shape index (κ3) is 3.99. The van der Waals surface area contributed by atoms with Crippen LogP contribution >= 0.6 is 0 Å². The van der Waals surface area contributed by atoms with Crippen LogP contribution in [0.3, 0.4) is 0 Å². The summed E-state index contributed by atoms with van der Waals surface area (Å²) in [6.45, 7) is 9.05. The number of rotatable bonds is 4. The molecule has 2 saturated heterocycles. The number of piperazine rings is 1. The van der Waals surface area contributed by atoms with Gasteiger partial charge in [-0.25, -0.2) is 8.42 Å². The van der Waals surface area contributed by atoms with Gasteiger partial charge in [0.15, 0.2) is 0 Å². The molecule has 2 fully saturated rings. The van der Waals surface area contributed by atoms with Crippen LogP contribution in [0.25, 0.3) is 0 Å². The molecule has 1 amide bonds. The van der Waals surface area contributed by atoms with E-state index < -0.39 is 10.0 Å². The van der Waals surface area contributed by atoms with Gasteiger partial charge in [-0.05, 0) is 57.4 Å². The first-order chi connectivity index (χ1) is 14.7. The minimum atomic E-state index is -3.56. The molecule has 0 N–H and O–H groups in total. The number of carbonyl (C=O) groups is 1. The topological polar surface area (TPSA) is 65.9 Å². The van der Waals surface area contributed by atoms with Gasteiger partial charge in [-0.1, -0.05) is 12.1 Å². The van der Waals surface area contributed by atoms with Crippen molar-refractivity contribution in [3.8, 4) is 0 Å². The van der Waals surface area contributed by atoms with Crippen LogP contribution < -0.4 is 4.90 Å². The molecule has 0 radical (unpaired) electrons. The van der Waals surface area contributed by atoms with Crippen LogP contribution in [0.1, 0.15) is 41.5 Å². The van der Waals surface area contributed by atoms with Crippen LogP contribution in [0.15, 0.2) is 35.2 Å². The zero-order valence-electron chi connectivity index (χ0n) is 18.8. The zero-order chi connectivity index (χ0) is 22.3. The van der Waals surface area contributed by atoms with Crippen LogP contribution in [0.4, 0.5) is 5.69 Å². The van der Waals surface area contributed by atoms with Crippen LogP contribution in [0.2, 0.25) is 0 Å². The first-order valence-corrected chi connectivity index (χ1v) is 12.4. The minimum absolute atomic E-state index is 0.107. The second-order valence-electron chi connectivity index (χ2n) is 8.78. The number of nitrogens with zero attached hydrogens (tertiary/aromatic N) is 4. The van der Waals surface area contributed by atoms with Gasteiger partial charge < -0.3 is 14.4 Å². The number of aryl methyl sites for hydroxylation is 1. The fourth-order valence-electron chi connectivity index (χ4n) is 4.70. The van der Waals surface area contributed by atoms with Crippen LogP contribution in [0.5, 0.6) is 0 Å². The molecule has 0 unspecified atom stereocenters. The molecule has 0 saturated carbocycles. The van der Waals surface area contributed by atoms with Crippen LogP contribution in [-0.4, -0.2) is 66.9 Å². The highest BCUT2D eigenvalue weighted by Crippen LogP contribution is 2.28. The molecule has 4 rings (SSSR count). The number of carbonyl (C=O) groups excluding carboxylic acids is 1. The van der Waals surface area contributed by atoms with E-state index in [4.69, 9.17) is 0 Å². The Kier molecular flexibility index (Phi) is 5.87. The molecule has 3 heterocycles. The van der Waals surface area contributed by atoms with Crippen molar-refractivity contribution in [3.63, 3.8) is 0 Å². The Bertz CT molecular complexity index is 1090. The monoisotopic (exact) mass is 444 g/mol. The molecule has 0 bridgehead atoms. The maximum atomic E-state index is 13.4. The Morgan fingerprint density at radius 2 is 1.74 bits per heavy atom. The summed E-state index contributed by atoms with van der Waals surface area (Å²) in [5.74, 6) is -0.107. The third-order valence-electron chi connectivity index (χ3n) is 6.64. The molecule has 7 nitrogen and oxygen atoms in total. The molecular weight excluding hydrogens is 412 g/mol. The maximum Gasteiger partial charge on any atom is 0.270 e. The quantitative estimate of drug-likeness (QED) is 0.727. The van der Waals surface area contributed by atoms with Crippen LogP contribution in [-0.2, 0) is 17.1 Å². The summed E-state index contributed by atoms with van der Waals surface area (Å²) in [6, 6.07) is 10.2. The van der Waals surface area contributed by atoms with E-state index >= 15 is 0 Å². The minimum Gasteiger partial charge on any atom is -0.365 e. The number of hydrogen-bond donors (Lipinski definition) is 0. The fraction of sp³-hybridized carbons (Fsp3) is 0.522. The summed E-state index contributed by atoms with van der Waals surface area (Å²) in [6.07, 6.45) is 1.78. The summed E-state index contributed by atoms with van der Waals surface area (Å²) in [5, 5.41) is 0. The van der Waals surface area contributed by atoms with Crippen molar-refractivity contribution in [2.24, 2.45) is 7.05 Å². The van der Waals surface area contributed by atoms with Gasteiger partial charge in [0.25, 0.3) is 5.91 Å². The van der Waals surface area contributed by atoms with Crippen molar-refractivity contribution in [2.75, 3.05) is 37.6 Å². The van der Waals surface area contributed by atoms with Gasteiger partial charge in [0.05, 0.1) is 0 Å². The largest absolute Gasteiger partial charge is 0.365 e. The first kappa shape index (κ1) is 21.9. The van der Waals surface area contributed by atoms with E-state index in [0.717, 1.165) is 19.4 Å². The zero-order valence-corrected chi connectivity index (χ0v) is 19.7. The lowest BCUT2D eigenvalue weighted by Gasteiger charge is -2.41. The van der Waals surface area contributed by atoms with Crippen molar-refractivity contribution in [1.29, 1.82) is 0 Å². The molecule has 2 aliphatic heterocycles. The maximum absolute atomic E-state index is 13.4. The lowest BCUT2D eigenvalue weighted by molar-refractivity contribution is 0.0716. The number of sulfonamides is 1. The van der Waals surface area contributed by atoms with E-state index in [1.807, 2.05) is 4.90 Å². The molecule has 168 valence electrons. The van der Waals surface area contributed by atoms with Crippen molar-refractivity contribution in [2.45, 2.75) is 44.6 Å². The second-order valence-corrected chi connectivity index (χ2v) is 10.7. The first-order valence-electron chi connectivity index (χ1n) is 11.0. The van der Waals surface area contributed by atoms with Crippen molar-refractivity contribution >= 4 is 21.6 Å². The molecule has 1 aromatic heterocycles. The van der Waals surface area contributed by atoms with Gasteiger partial charge in [-0.15, -0.1) is 0 Å². The van der Waals surface area contributed by atoms with E-state index in [2.05, 4.69) is 43.0 Å². The Morgan fingerprint density at radius 1 is 1.03 bits per heavy atom. The van der Waals surface area contributed by atoms with Gasteiger partial charge in [0.2, 0.25) is 10.0 Å². The smallest absolute Gasteiger partial charge is 0.270 e. The molecule has 2 aromatic rings. The third-order valence-corrected chi connectivity index (χ3v) is 8.65.